The lowest BCUT2D eigenvalue weighted by molar-refractivity contribution is -0.120. The molecule has 124 valence electrons. The molecule has 0 fully saturated rings. The smallest absolute Gasteiger partial charge is 0.239 e. The van der Waals surface area contributed by atoms with E-state index in [4.69, 9.17) is 14.0 Å². The highest BCUT2D eigenvalue weighted by atomic mass is 16.5. The van der Waals surface area contributed by atoms with Crippen LogP contribution < -0.4 is 14.8 Å². The monoisotopic (exact) mass is 318 g/mol. The van der Waals surface area contributed by atoms with Crippen LogP contribution in [0.4, 0.5) is 5.88 Å². The minimum Gasteiger partial charge on any atom is -0.493 e. The average molecular weight is 318 g/mol. The number of hydrogen-bond acceptors (Lipinski definition) is 5. The molecule has 0 saturated heterocycles. The molecule has 1 amide bonds. The summed E-state index contributed by atoms with van der Waals surface area (Å²) < 4.78 is 15.7. The number of rotatable bonds is 7. The first-order valence-electron chi connectivity index (χ1n) is 7.62. The van der Waals surface area contributed by atoms with Gasteiger partial charge >= 0.3 is 0 Å². The molecule has 0 unspecified atom stereocenters. The normalized spacial score (nSPS) is 10.7. The number of nitrogens with one attached hydrogen (secondary N) is 1. The second-order valence-electron chi connectivity index (χ2n) is 5.14. The van der Waals surface area contributed by atoms with Gasteiger partial charge in [0.25, 0.3) is 0 Å². The SMILES string of the molecule is CCC(CC)C(=O)Nc1oncc1-c1ccc(OC)c(OC)c1. The predicted molar refractivity (Wildman–Crippen MR) is 87.7 cm³/mol. The number of carbonyl (C=O) groups excluding carboxylic acids is 1. The zero-order chi connectivity index (χ0) is 16.8. The van der Waals surface area contributed by atoms with Gasteiger partial charge in [0.05, 0.1) is 26.0 Å². The van der Waals surface area contributed by atoms with Crippen molar-refractivity contribution in [2.24, 2.45) is 5.92 Å². The van der Waals surface area contributed by atoms with E-state index < -0.39 is 0 Å². The molecule has 2 rings (SSSR count). The van der Waals surface area contributed by atoms with E-state index in [0.29, 0.717) is 22.9 Å². The van der Waals surface area contributed by atoms with E-state index in [0.717, 1.165) is 18.4 Å². The molecular formula is C17H22N2O4. The summed E-state index contributed by atoms with van der Waals surface area (Å²) in [5, 5.41) is 6.62. The van der Waals surface area contributed by atoms with Gasteiger partial charge in [-0.05, 0) is 30.5 Å². The number of nitrogens with zero attached hydrogens (tertiary/aromatic N) is 1. The van der Waals surface area contributed by atoms with Gasteiger partial charge in [-0.15, -0.1) is 0 Å². The maximum absolute atomic E-state index is 12.2. The van der Waals surface area contributed by atoms with Crippen LogP contribution >= 0.6 is 0 Å². The minimum absolute atomic E-state index is 0.0432. The summed E-state index contributed by atoms with van der Waals surface area (Å²) in [6, 6.07) is 5.48. The molecule has 1 N–H and O–H groups in total. The lowest BCUT2D eigenvalue weighted by Crippen LogP contribution is -2.21. The van der Waals surface area contributed by atoms with Crippen molar-refractivity contribution in [3.05, 3.63) is 24.4 Å². The number of ether oxygens (including phenoxy) is 2. The quantitative estimate of drug-likeness (QED) is 0.842. The molecule has 0 aliphatic carbocycles. The van der Waals surface area contributed by atoms with Crippen LogP contribution in [-0.2, 0) is 4.79 Å². The molecule has 0 bridgehead atoms. The first-order valence-corrected chi connectivity index (χ1v) is 7.62. The Balaban J connectivity index is 2.29. The van der Waals surface area contributed by atoms with Crippen molar-refractivity contribution in [2.45, 2.75) is 26.7 Å². The van der Waals surface area contributed by atoms with E-state index >= 15 is 0 Å². The van der Waals surface area contributed by atoms with E-state index in [2.05, 4.69) is 10.5 Å². The zero-order valence-corrected chi connectivity index (χ0v) is 13.9. The van der Waals surface area contributed by atoms with Crippen molar-refractivity contribution in [1.29, 1.82) is 0 Å². The average Bonchev–Trinajstić information content (AvgIpc) is 3.03. The summed E-state index contributed by atoms with van der Waals surface area (Å²) in [5.41, 5.74) is 1.52. The highest BCUT2D eigenvalue weighted by molar-refractivity contribution is 5.94. The molecule has 0 aliphatic heterocycles. The lowest BCUT2D eigenvalue weighted by atomic mass is 10.0. The van der Waals surface area contributed by atoms with E-state index in [1.54, 1.807) is 26.5 Å². The van der Waals surface area contributed by atoms with Gasteiger partial charge in [-0.3, -0.25) is 10.1 Å². The summed E-state index contributed by atoms with van der Waals surface area (Å²) in [4.78, 5) is 12.2. The van der Waals surface area contributed by atoms with Crippen molar-refractivity contribution in [3.63, 3.8) is 0 Å². The second kappa shape index (κ2) is 7.67. The summed E-state index contributed by atoms with van der Waals surface area (Å²) in [6.07, 6.45) is 3.13. The van der Waals surface area contributed by atoms with E-state index in [9.17, 15) is 4.79 Å². The van der Waals surface area contributed by atoms with Crippen molar-refractivity contribution in [1.82, 2.24) is 5.16 Å². The van der Waals surface area contributed by atoms with Gasteiger partial charge in [-0.1, -0.05) is 25.1 Å². The van der Waals surface area contributed by atoms with Crippen LogP contribution in [0.2, 0.25) is 0 Å². The molecule has 1 aromatic carbocycles. The zero-order valence-electron chi connectivity index (χ0n) is 13.9. The molecule has 0 atom stereocenters. The Bertz CT molecular complexity index is 662. The molecule has 0 aliphatic rings. The highest BCUT2D eigenvalue weighted by Gasteiger charge is 2.19. The molecule has 0 saturated carbocycles. The van der Waals surface area contributed by atoms with Gasteiger partial charge in [0.1, 0.15) is 0 Å². The third-order valence-corrected chi connectivity index (χ3v) is 3.86. The number of benzene rings is 1. The van der Waals surface area contributed by atoms with Gasteiger partial charge in [0.15, 0.2) is 11.5 Å². The van der Waals surface area contributed by atoms with Gasteiger partial charge in [-0.25, -0.2) is 0 Å². The van der Waals surface area contributed by atoms with E-state index in [-0.39, 0.29) is 11.8 Å². The number of methoxy groups -OCH3 is 2. The Morgan fingerprint density at radius 3 is 2.52 bits per heavy atom. The topological polar surface area (TPSA) is 73.6 Å². The third-order valence-electron chi connectivity index (χ3n) is 3.86. The predicted octanol–water partition coefficient (Wildman–Crippen LogP) is 3.73. The first kappa shape index (κ1) is 16.9. The standard InChI is InChI=1S/C17H22N2O4/c1-5-11(6-2)16(20)19-17-13(10-18-23-17)12-7-8-14(21-3)15(9-12)22-4/h7-11H,5-6H2,1-4H3,(H,19,20). The number of anilines is 1. The molecule has 2 aromatic rings. The Kier molecular flexibility index (Phi) is 5.62. The number of hydrogen-bond donors (Lipinski definition) is 1. The number of carbonyl (C=O) groups is 1. The molecule has 0 spiro atoms. The van der Waals surface area contributed by atoms with Crippen LogP contribution in [0.1, 0.15) is 26.7 Å². The van der Waals surface area contributed by atoms with Crippen molar-refractivity contribution in [3.8, 4) is 22.6 Å². The number of amides is 1. The maximum atomic E-state index is 12.2. The Labute approximate surface area is 135 Å². The van der Waals surface area contributed by atoms with Crippen molar-refractivity contribution < 1.29 is 18.8 Å². The third kappa shape index (κ3) is 3.64. The van der Waals surface area contributed by atoms with E-state index in [1.807, 2.05) is 26.0 Å². The Morgan fingerprint density at radius 2 is 1.91 bits per heavy atom. The van der Waals surface area contributed by atoms with Gasteiger partial charge < -0.3 is 14.0 Å². The second-order valence-corrected chi connectivity index (χ2v) is 5.14. The minimum atomic E-state index is -0.0616. The highest BCUT2D eigenvalue weighted by Crippen LogP contribution is 2.35. The fourth-order valence-electron chi connectivity index (χ4n) is 2.41. The van der Waals surface area contributed by atoms with Crippen LogP contribution in [0.25, 0.3) is 11.1 Å². The summed E-state index contributed by atoms with van der Waals surface area (Å²) in [7, 11) is 3.16. The van der Waals surface area contributed by atoms with E-state index in [1.165, 1.54) is 0 Å². The lowest BCUT2D eigenvalue weighted by Gasteiger charge is -2.12. The largest absolute Gasteiger partial charge is 0.493 e. The number of aromatic nitrogens is 1. The van der Waals surface area contributed by atoms with Gasteiger partial charge in [-0.2, -0.15) is 0 Å². The molecular weight excluding hydrogens is 296 g/mol. The molecule has 1 aromatic heterocycles. The fraction of sp³-hybridized carbons (Fsp3) is 0.412. The Hall–Kier alpha value is -2.50. The molecule has 1 heterocycles. The van der Waals surface area contributed by atoms with Crippen LogP contribution in [0, 0.1) is 5.92 Å². The molecule has 6 nitrogen and oxygen atoms in total. The van der Waals surface area contributed by atoms with Crippen LogP contribution in [-0.4, -0.2) is 25.3 Å². The Morgan fingerprint density at radius 1 is 1.22 bits per heavy atom. The fourth-order valence-corrected chi connectivity index (χ4v) is 2.41. The maximum Gasteiger partial charge on any atom is 0.239 e. The molecule has 23 heavy (non-hydrogen) atoms. The van der Waals surface area contributed by atoms with Gasteiger partial charge in [0, 0.05) is 5.92 Å². The summed E-state index contributed by atoms with van der Waals surface area (Å²) >= 11 is 0. The van der Waals surface area contributed by atoms with Crippen molar-refractivity contribution >= 4 is 11.8 Å². The summed E-state index contributed by atoms with van der Waals surface area (Å²) in [5.74, 6) is 1.47. The van der Waals surface area contributed by atoms with Crippen LogP contribution in [0.5, 0.6) is 11.5 Å². The molecule has 0 radical (unpaired) electrons. The molecule has 6 heteroatoms. The van der Waals surface area contributed by atoms with Gasteiger partial charge in [0.2, 0.25) is 11.8 Å². The first-order chi connectivity index (χ1) is 11.1. The van der Waals surface area contributed by atoms with Crippen LogP contribution in [0.3, 0.4) is 0 Å². The van der Waals surface area contributed by atoms with Crippen molar-refractivity contribution in [2.75, 3.05) is 19.5 Å². The van der Waals surface area contributed by atoms with Crippen LogP contribution in [0.15, 0.2) is 28.9 Å². The summed E-state index contributed by atoms with van der Waals surface area (Å²) in [6.45, 7) is 3.98.